The van der Waals surface area contributed by atoms with Gasteiger partial charge in [0.1, 0.15) is 6.29 Å². The molecular formula is C11H16O. The number of fused-ring (bicyclic) bond motifs is 2. The van der Waals surface area contributed by atoms with Gasteiger partial charge in [0.15, 0.2) is 0 Å². The van der Waals surface area contributed by atoms with Crippen LogP contribution in [0.15, 0.2) is 12.2 Å². The molecule has 0 aromatic heterocycles. The van der Waals surface area contributed by atoms with Crippen LogP contribution in [0.25, 0.3) is 0 Å². The number of rotatable bonds is 3. The second-order valence-corrected chi connectivity index (χ2v) is 4.11. The Morgan fingerprint density at radius 1 is 1.42 bits per heavy atom. The molecule has 4 atom stereocenters. The molecule has 1 fully saturated rings. The lowest BCUT2D eigenvalue weighted by Crippen LogP contribution is -2.20. The summed E-state index contributed by atoms with van der Waals surface area (Å²) < 4.78 is 0. The van der Waals surface area contributed by atoms with E-state index >= 15 is 0 Å². The number of allylic oxidation sites excluding steroid dienone is 2. The summed E-state index contributed by atoms with van der Waals surface area (Å²) in [4.78, 5) is 10.8. The summed E-state index contributed by atoms with van der Waals surface area (Å²) in [6.07, 6.45) is 9.45. The van der Waals surface area contributed by atoms with Crippen LogP contribution >= 0.6 is 0 Å². The van der Waals surface area contributed by atoms with Gasteiger partial charge in [-0.25, -0.2) is 0 Å². The predicted octanol–water partition coefficient (Wildman–Crippen LogP) is 2.42. The summed E-state index contributed by atoms with van der Waals surface area (Å²) in [6, 6.07) is 0. The van der Waals surface area contributed by atoms with E-state index in [1.165, 1.54) is 25.5 Å². The molecule has 2 aliphatic rings. The highest BCUT2D eigenvalue weighted by Gasteiger charge is 2.43. The molecule has 0 spiro atoms. The van der Waals surface area contributed by atoms with Gasteiger partial charge in [-0.1, -0.05) is 25.5 Å². The summed E-state index contributed by atoms with van der Waals surface area (Å²) in [5.41, 5.74) is 0. The van der Waals surface area contributed by atoms with Crippen molar-refractivity contribution in [1.82, 2.24) is 0 Å². The van der Waals surface area contributed by atoms with Crippen molar-refractivity contribution in [2.75, 3.05) is 0 Å². The van der Waals surface area contributed by atoms with Crippen molar-refractivity contribution in [3.05, 3.63) is 12.2 Å². The van der Waals surface area contributed by atoms with E-state index in [9.17, 15) is 4.79 Å². The largest absolute Gasteiger partial charge is 0.303 e. The lowest BCUT2D eigenvalue weighted by Gasteiger charge is -2.22. The van der Waals surface area contributed by atoms with Crippen LogP contribution in [-0.2, 0) is 4.79 Å². The Morgan fingerprint density at radius 3 is 2.83 bits per heavy atom. The fraction of sp³-hybridized carbons (Fsp3) is 0.727. The van der Waals surface area contributed by atoms with Crippen LogP contribution < -0.4 is 0 Å². The van der Waals surface area contributed by atoms with E-state index < -0.39 is 0 Å². The highest BCUT2D eigenvalue weighted by Crippen LogP contribution is 2.48. The first-order chi connectivity index (χ1) is 5.86. The zero-order chi connectivity index (χ0) is 8.55. The molecule has 1 nitrogen and oxygen atoms in total. The molecule has 66 valence electrons. The van der Waals surface area contributed by atoms with Gasteiger partial charge in [0.25, 0.3) is 0 Å². The zero-order valence-corrected chi connectivity index (χ0v) is 7.57. The average Bonchev–Trinajstić information content (AvgIpc) is 2.64. The Bertz CT molecular complexity index is 207. The molecule has 0 amide bonds. The molecule has 0 aliphatic heterocycles. The highest BCUT2D eigenvalue weighted by atomic mass is 16.1. The van der Waals surface area contributed by atoms with Crippen LogP contribution in [0, 0.1) is 23.7 Å². The van der Waals surface area contributed by atoms with Gasteiger partial charge < -0.3 is 4.79 Å². The molecule has 0 aromatic carbocycles. The van der Waals surface area contributed by atoms with Gasteiger partial charge in [-0.2, -0.15) is 0 Å². The third-order valence-corrected chi connectivity index (χ3v) is 3.47. The van der Waals surface area contributed by atoms with Crippen LogP contribution in [0.5, 0.6) is 0 Å². The predicted molar refractivity (Wildman–Crippen MR) is 48.7 cm³/mol. The topological polar surface area (TPSA) is 17.1 Å². The smallest absolute Gasteiger partial charge is 0.123 e. The Balaban J connectivity index is 2.11. The summed E-state index contributed by atoms with van der Waals surface area (Å²) in [7, 11) is 0. The zero-order valence-electron chi connectivity index (χ0n) is 7.57. The Hall–Kier alpha value is -0.590. The van der Waals surface area contributed by atoms with Crippen molar-refractivity contribution in [2.45, 2.75) is 26.2 Å². The van der Waals surface area contributed by atoms with Crippen LogP contribution in [0.3, 0.4) is 0 Å². The fourth-order valence-electron chi connectivity index (χ4n) is 2.90. The average molecular weight is 164 g/mol. The minimum Gasteiger partial charge on any atom is -0.303 e. The van der Waals surface area contributed by atoms with Gasteiger partial charge in [-0.15, -0.1) is 0 Å². The molecule has 2 bridgehead atoms. The van der Waals surface area contributed by atoms with Crippen LogP contribution in [0.2, 0.25) is 0 Å². The van der Waals surface area contributed by atoms with Crippen molar-refractivity contribution in [3.8, 4) is 0 Å². The van der Waals surface area contributed by atoms with Crippen LogP contribution in [0.1, 0.15) is 26.2 Å². The molecule has 1 unspecified atom stereocenters. The van der Waals surface area contributed by atoms with Crippen LogP contribution in [0.4, 0.5) is 0 Å². The molecule has 0 radical (unpaired) electrons. The second-order valence-electron chi connectivity index (χ2n) is 4.11. The fourth-order valence-corrected chi connectivity index (χ4v) is 2.90. The molecule has 0 heterocycles. The van der Waals surface area contributed by atoms with E-state index in [2.05, 4.69) is 19.1 Å². The van der Waals surface area contributed by atoms with Crippen molar-refractivity contribution < 1.29 is 4.79 Å². The van der Waals surface area contributed by atoms with E-state index in [4.69, 9.17) is 0 Å². The van der Waals surface area contributed by atoms with E-state index in [1.807, 2.05) is 0 Å². The molecule has 0 N–H and O–H groups in total. The highest BCUT2D eigenvalue weighted by molar-refractivity contribution is 5.57. The maximum atomic E-state index is 10.8. The molecule has 12 heavy (non-hydrogen) atoms. The minimum atomic E-state index is 0.347. The third kappa shape index (κ3) is 1.03. The van der Waals surface area contributed by atoms with Crippen molar-refractivity contribution in [1.29, 1.82) is 0 Å². The van der Waals surface area contributed by atoms with E-state index in [0.29, 0.717) is 17.8 Å². The van der Waals surface area contributed by atoms with Gasteiger partial charge in [0.05, 0.1) is 0 Å². The molecule has 2 rings (SSSR count). The lowest BCUT2D eigenvalue weighted by atomic mass is 9.81. The molecule has 0 aromatic rings. The first-order valence-electron chi connectivity index (χ1n) is 5.00. The summed E-state index contributed by atoms with van der Waals surface area (Å²) >= 11 is 0. The van der Waals surface area contributed by atoms with E-state index in [-0.39, 0.29) is 0 Å². The van der Waals surface area contributed by atoms with Gasteiger partial charge in [-0.3, -0.25) is 0 Å². The van der Waals surface area contributed by atoms with Gasteiger partial charge >= 0.3 is 0 Å². The number of carbonyl (C=O) groups is 1. The first-order valence-corrected chi connectivity index (χ1v) is 5.00. The molecule has 1 saturated carbocycles. The first kappa shape index (κ1) is 8.03. The lowest BCUT2D eigenvalue weighted by molar-refractivity contribution is -0.113. The van der Waals surface area contributed by atoms with Crippen molar-refractivity contribution in [2.24, 2.45) is 23.7 Å². The summed E-state index contributed by atoms with van der Waals surface area (Å²) in [6.45, 7) is 2.21. The number of aldehydes is 1. The Labute approximate surface area is 73.8 Å². The SMILES string of the molecule is CCCC1[C@@H]2C=C[C@@H](C2)[C@@H]1C=O. The van der Waals surface area contributed by atoms with Gasteiger partial charge in [-0.05, 0) is 30.6 Å². The standard InChI is InChI=1S/C11H16O/c1-2-3-10-8-4-5-9(6-8)11(10)7-12/h4-5,7-11H,2-3,6H2,1H3/t8-,9+,10?,11+/m1/s1. The van der Waals surface area contributed by atoms with Gasteiger partial charge in [0, 0.05) is 5.92 Å². The minimum absolute atomic E-state index is 0.347. The van der Waals surface area contributed by atoms with Crippen molar-refractivity contribution in [3.63, 3.8) is 0 Å². The quantitative estimate of drug-likeness (QED) is 0.462. The number of carbonyl (C=O) groups excluding carboxylic acids is 1. The Kier molecular flexibility index (Phi) is 2.03. The maximum Gasteiger partial charge on any atom is 0.123 e. The molecular weight excluding hydrogens is 148 g/mol. The molecule has 0 saturated heterocycles. The number of hydrogen-bond acceptors (Lipinski definition) is 1. The normalized spacial score (nSPS) is 43.8. The molecule has 1 heteroatoms. The summed E-state index contributed by atoms with van der Waals surface area (Å²) in [5.74, 6) is 2.33. The number of hydrogen-bond donors (Lipinski definition) is 0. The monoisotopic (exact) mass is 164 g/mol. The third-order valence-electron chi connectivity index (χ3n) is 3.47. The second kappa shape index (κ2) is 3.04. The summed E-state index contributed by atoms with van der Waals surface area (Å²) in [5, 5.41) is 0. The van der Waals surface area contributed by atoms with Gasteiger partial charge in [0.2, 0.25) is 0 Å². The van der Waals surface area contributed by atoms with Crippen molar-refractivity contribution >= 4 is 6.29 Å². The van der Waals surface area contributed by atoms with E-state index in [0.717, 1.165) is 5.92 Å². The van der Waals surface area contributed by atoms with Crippen LogP contribution in [-0.4, -0.2) is 6.29 Å². The maximum absolute atomic E-state index is 10.8. The molecule has 2 aliphatic carbocycles. The van der Waals surface area contributed by atoms with E-state index in [1.54, 1.807) is 0 Å². The Morgan fingerprint density at radius 2 is 2.17 bits per heavy atom.